The van der Waals surface area contributed by atoms with Gasteiger partial charge in [0.25, 0.3) is 0 Å². The van der Waals surface area contributed by atoms with E-state index in [1.165, 1.54) is 16.7 Å². The minimum Gasteiger partial charge on any atom is -0.493 e. The van der Waals surface area contributed by atoms with Crippen molar-refractivity contribution >= 4 is 0 Å². The molecule has 0 aromatic heterocycles. The van der Waals surface area contributed by atoms with Crippen LogP contribution in [0.4, 0.5) is 0 Å². The van der Waals surface area contributed by atoms with Gasteiger partial charge in [-0.2, -0.15) is 0 Å². The lowest BCUT2D eigenvalue weighted by atomic mass is 10.1. The zero-order chi connectivity index (χ0) is 14.4. The molecule has 0 fully saturated rings. The van der Waals surface area contributed by atoms with Crippen molar-refractivity contribution in [3.63, 3.8) is 0 Å². The summed E-state index contributed by atoms with van der Waals surface area (Å²) in [6, 6.07) is 14.5. The molecule has 3 nitrogen and oxygen atoms in total. The predicted molar refractivity (Wildman–Crippen MR) is 81.3 cm³/mol. The van der Waals surface area contributed by atoms with Crippen molar-refractivity contribution in [1.82, 2.24) is 5.32 Å². The Morgan fingerprint density at radius 1 is 0.800 bits per heavy atom. The molecule has 0 saturated carbocycles. The maximum atomic E-state index is 5.30. The maximum Gasteiger partial charge on any atom is 0.161 e. The van der Waals surface area contributed by atoms with Crippen LogP contribution >= 0.6 is 0 Å². The molecule has 0 unspecified atom stereocenters. The molecular formula is C17H21NO2. The highest BCUT2D eigenvalue weighted by atomic mass is 16.5. The lowest BCUT2D eigenvalue weighted by Crippen LogP contribution is -2.12. The number of ether oxygens (including phenoxy) is 2. The van der Waals surface area contributed by atoms with E-state index in [1.54, 1.807) is 14.2 Å². The van der Waals surface area contributed by atoms with Crippen LogP contribution < -0.4 is 14.8 Å². The first-order chi connectivity index (χ1) is 9.72. The van der Waals surface area contributed by atoms with Gasteiger partial charge in [-0.25, -0.2) is 0 Å². The van der Waals surface area contributed by atoms with Crippen LogP contribution in [0.15, 0.2) is 42.5 Å². The highest BCUT2D eigenvalue weighted by molar-refractivity contribution is 5.42. The third kappa shape index (κ3) is 3.75. The van der Waals surface area contributed by atoms with Crippen molar-refractivity contribution in [2.75, 3.05) is 14.2 Å². The van der Waals surface area contributed by atoms with Gasteiger partial charge < -0.3 is 14.8 Å². The van der Waals surface area contributed by atoms with E-state index in [0.717, 1.165) is 24.6 Å². The Bertz CT molecular complexity index is 549. The van der Waals surface area contributed by atoms with E-state index in [4.69, 9.17) is 9.47 Å². The lowest BCUT2D eigenvalue weighted by Gasteiger charge is -2.10. The molecule has 2 rings (SSSR count). The second-order valence-corrected chi connectivity index (χ2v) is 4.78. The number of methoxy groups -OCH3 is 2. The molecule has 106 valence electrons. The van der Waals surface area contributed by atoms with Gasteiger partial charge in [-0.3, -0.25) is 0 Å². The van der Waals surface area contributed by atoms with Crippen molar-refractivity contribution in [1.29, 1.82) is 0 Å². The molecule has 0 saturated heterocycles. The topological polar surface area (TPSA) is 30.5 Å². The quantitative estimate of drug-likeness (QED) is 0.874. The fourth-order valence-electron chi connectivity index (χ4n) is 2.05. The molecule has 0 heterocycles. The number of benzene rings is 2. The third-order valence-corrected chi connectivity index (χ3v) is 3.23. The van der Waals surface area contributed by atoms with Crippen molar-refractivity contribution < 1.29 is 9.47 Å². The summed E-state index contributed by atoms with van der Waals surface area (Å²) in [6.07, 6.45) is 0. The van der Waals surface area contributed by atoms with E-state index in [1.807, 2.05) is 18.2 Å². The van der Waals surface area contributed by atoms with Crippen LogP contribution in [0.2, 0.25) is 0 Å². The van der Waals surface area contributed by atoms with Crippen LogP contribution in [0.5, 0.6) is 11.5 Å². The van der Waals surface area contributed by atoms with E-state index in [2.05, 4.69) is 36.5 Å². The molecule has 2 aromatic rings. The van der Waals surface area contributed by atoms with E-state index >= 15 is 0 Å². The van der Waals surface area contributed by atoms with Crippen molar-refractivity contribution in [3.05, 3.63) is 59.2 Å². The Morgan fingerprint density at radius 3 is 2.05 bits per heavy atom. The fourth-order valence-corrected chi connectivity index (χ4v) is 2.05. The molecule has 0 aliphatic heterocycles. The molecule has 0 aliphatic carbocycles. The molecule has 0 spiro atoms. The van der Waals surface area contributed by atoms with Crippen LogP contribution in [-0.2, 0) is 13.1 Å². The Kier molecular flexibility index (Phi) is 5.02. The van der Waals surface area contributed by atoms with Crippen LogP contribution in [0, 0.1) is 6.92 Å². The standard InChI is InChI=1S/C17H21NO2/c1-13-4-6-14(7-5-13)11-18-12-15-8-9-16(19-2)17(10-15)20-3/h4-10,18H,11-12H2,1-3H3. The van der Waals surface area contributed by atoms with E-state index in [9.17, 15) is 0 Å². The molecule has 1 N–H and O–H groups in total. The minimum absolute atomic E-state index is 0.759. The summed E-state index contributed by atoms with van der Waals surface area (Å²) >= 11 is 0. The minimum atomic E-state index is 0.759. The molecule has 20 heavy (non-hydrogen) atoms. The number of rotatable bonds is 6. The van der Waals surface area contributed by atoms with Gasteiger partial charge >= 0.3 is 0 Å². The van der Waals surface area contributed by atoms with Crippen molar-refractivity contribution in [2.24, 2.45) is 0 Å². The Balaban J connectivity index is 1.92. The summed E-state index contributed by atoms with van der Waals surface area (Å²) in [6.45, 7) is 3.75. The van der Waals surface area contributed by atoms with Gasteiger partial charge in [0, 0.05) is 13.1 Å². The van der Waals surface area contributed by atoms with Crippen molar-refractivity contribution in [2.45, 2.75) is 20.0 Å². The number of nitrogens with one attached hydrogen (secondary N) is 1. The zero-order valence-electron chi connectivity index (χ0n) is 12.3. The molecular weight excluding hydrogens is 250 g/mol. The highest BCUT2D eigenvalue weighted by Gasteiger charge is 2.04. The first-order valence-corrected chi connectivity index (χ1v) is 6.70. The summed E-state index contributed by atoms with van der Waals surface area (Å²) in [4.78, 5) is 0. The second-order valence-electron chi connectivity index (χ2n) is 4.78. The van der Waals surface area contributed by atoms with Gasteiger partial charge in [-0.1, -0.05) is 35.9 Å². The summed E-state index contributed by atoms with van der Waals surface area (Å²) in [5.74, 6) is 1.52. The van der Waals surface area contributed by atoms with Crippen molar-refractivity contribution in [3.8, 4) is 11.5 Å². The predicted octanol–water partition coefficient (Wildman–Crippen LogP) is 3.30. The SMILES string of the molecule is COc1ccc(CNCc2ccc(C)cc2)cc1OC. The average molecular weight is 271 g/mol. The number of hydrogen-bond acceptors (Lipinski definition) is 3. The van der Waals surface area contributed by atoms with Gasteiger partial charge in [0.05, 0.1) is 14.2 Å². The summed E-state index contributed by atoms with van der Waals surface area (Å²) in [5.41, 5.74) is 3.75. The monoisotopic (exact) mass is 271 g/mol. The van der Waals surface area contributed by atoms with Crippen LogP contribution in [0.3, 0.4) is 0 Å². The van der Waals surface area contributed by atoms with Gasteiger partial charge in [0.1, 0.15) is 0 Å². The summed E-state index contributed by atoms with van der Waals surface area (Å²) < 4.78 is 10.5. The van der Waals surface area contributed by atoms with Crippen LogP contribution in [0.25, 0.3) is 0 Å². The molecule has 0 aliphatic rings. The Labute approximate surface area is 120 Å². The second kappa shape index (κ2) is 6.96. The molecule has 0 bridgehead atoms. The Hall–Kier alpha value is -2.00. The van der Waals surface area contributed by atoms with E-state index in [-0.39, 0.29) is 0 Å². The molecule has 0 radical (unpaired) electrons. The number of aryl methyl sites for hydroxylation is 1. The first-order valence-electron chi connectivity index (χ1n) is 6.70. The average Bonchev–Trinajstić information content (AvgIpc) is 2.49. The smallest absolute Gasteiger partial charge is 0.161 e. The van der Waals surface area contributed by atoms with Gasteiger partial charge in [-0.15, -0.1) is 0 Å². The van der Waals surface area contributed by atoms with E-state index in [0.29, 0.717) is 0 Å². The largest absolute Gasteiger partial charge is 0.493 e. The summed E-state index contributed by atoms with van der Waals surface area (Å²) in [7, 11) is 3.30. The van der Waals surface area contributed by atoms with Gasteiger partial charge in [-0.05, 0) is 30.2 Å². The van der Waals surface area contributed by atoms with Gasteiger partial charge in [0.15, 0.2) is 11.5 Å². The highest BCUT2D eigenvalue weighted by Crippen LogP contribution is 2.27. The molecule has 2 aromatic carbocycles. The fraction of sp³-hybridized carbons (Fsp3) is 0.294. The zero-order valence-corrected chi connectivity index (χ0v) is 12.3. The van der Waals surface area contributed by atoms with E-state index < -0.39 is 0 Å². The molecule has 3 heteroatoms. The number of hydrogen-bond donors (Lipinski definition) is 1. The lowest BCUT2D eigenvalue weighted by molar-refractivity contribution is 0.354. The maximum absolute atomic E-state index is 5.30. The first kappa shape index (κ1) is 14.4. The van der Waals surface area contributed by atoms with Crippen LogP contribution in [0.1, 0.15) is 16.7 Å². The molecule has 0 amide bonds. The normalized spacial score (nSPS) is 10.3. The van der Waals surface area contributed by atoms with Gasteiger partial charge in [0.2, 0.25) is 0 Å². The molecule has 0 atom stereocenters. The Morgan fingerprint density at radius 2 is 1.40 bits per heavy atom. The summed E-state index contributed by atoms with van der Waals surface area (Å²) in [5, 5.41) is 3.43. The third-order valence-electron chi connectivity index (χ3n) is 3.23. The van der Waals surface area contributed by atoms with Crippen LogP contribution in [-0.4, -0.2) is 14.2 Å².